The molecule has 66 valence electrons. The Labute approximate surface area is 72.2 Å². The number of aromatic nitrogens is 1. The standard InChI is InChI=1S/C9H14N2O/c1-10(2)7-8-11-6-4-3-5-9(11)12/h3-6H,7-8H2,1-2H3. The number of pyridine rings is 1. The van der Waals surface area contributed by atoms with E-state index in [1.165, 1.54) is 0 Å². The summed E-state index contributed by atoms with van der Waals surface area (Å²) >= 11 is 0. The Kier molecular flexibility index (Phi) is 3.05. The first-order valence-corrected chi connectivity index (χ1v) is 4.00. The number of hydrogen-bond acceptors (Lipinski definition) is 2. The van der Waals surface area contributed by atoms with Gasteiger partial charge in [-0.25, -0.2) is 0 Å². The van der Waals surface area contributed by atoms with Crippen molar-refractivity contribution in [1.29, 1.82) is 0 Å². The van der Waals surface area contributed by atoms with Gasteiger partial charge in [-0.2, -0.15) is 0 Å². The van der Waals surface area contributed by atoms with Gasteiger partial charge in [0, 0.05) is 25.4 Å². The Morgan fingerprint density at radius 1 is 1.42 bits per heavy atom. The average molecular weight is 166 g/mol. The zero-order valence-corrected chi connectivity index (χ0v) is 7.53. The van der Waals surface area contributed by atoms with Crippen LogP contribution in [-0.2, 0) is 6.54 Å². The third-order valence-corrected chi connectivity index (χ3v) is 1.69. The minimum Gasteiger partial charge on any atom is -0.314 e. The second kappa shape index (κ2) is 4.07. The monoisotopic (exact) mass is 166 g/mol. The predicted molar refractivity (Wildman–Crippen MR) is 49.3 cm³/mol. The van der Waals surface area contributed by atoms with Gasteiger partial charge in [0.05, 0.1) is 0 Å². The molecule has 1 aromatic rings. The van der Waals surface area contributed by atoms with E-state index in [0.717, 1.165) is 13.1 Å². The molecule has 0 radical (unpaired) electrons. The third-order valence-electron chi connectivity index (χ3n) is 1.69. The summed E-state index contributed by atoms with van der Waals surface area (Å²) in [6.45, 7) is 1.65. The Morgan fingerprint density at radius 3 is 2.75 bits per heavy atom. The summed E-state index contributed by atoms with van der Waals surface area (Å²) < 4.78 is 1.71. The quantitative estimate of drug-likeness (QED) is 0.650. The van der Waals surface area contributed by atoms with Crippen molar-refractivity contribution < 1.29 is 0 Å². The van der Waals surface area contributed by atoms with Gasteiger partial charge in [-0.15, -0.1) is 0 Å². The van der Waals surface area contributed by atoms with Crippen LogP contribution in [0, 0.1) is 0 Å². The molecule has 0 aliphatic heterocycles. The minimum atomic E-state index is 0.0688. The maximum atomic E-state index is 11.2. The van der Waals surface area contributed by atoms with Crippen LogP contribution in [-0.4, -0.2) is 30.1 Å². The summed E-state index contributed by atoms with van der Waals surface area (Å²) in [5.41, 5.74) is 0.0688. The molecular formula is C9H14N2O. The molecule has 0 saturated carbocycles. The molecule has 0 fully saturated rings. The summed E-state index contributed by atoms with van der Waals surface area (Å²) in [6, 6.07) is 5.21. The van der Waals surface area contributed by atoms with Crippen molar-refractivity contribution in [2.75, 3.05) is 20.6 Å². The van der Waals surface area contributed by atoms with Gasteiger partial charge in [-0.1, -0.05) is 6.07 Å². The lowest BCUT2D eigenvalue weighted by molar-refractivity contribution is 0.381. The van der Waals surface area contributed by atoms with E-state index in [4.69, 9.17) is 0 Å². The summed E-state index contributed by atoms with van der Waals surface area (Å²) in [7, 11) is 3.99. The van der Waals surface area contributed by atoms with Crippen molar-refractivity contribution in [3.63, 3.8) is 0 Å². The highest BCUT2D eigenvalue weighted by Crippen LogP contribution is 1.83. The SMILES string of the molecule is CN(C)CCn1ccccc1=O. The summed E-state index contributed by atoms with van der Waals surface area (Å²) in [6.07, 6.45) is 1.81. The maximum Gasteiger partial charge on any atom is 0.250 e. The van der Waals surface area contributed by atoms with E-state index in [2.05, 4.69) is 4.90 Å². The first-order chi connectivity index (χ1) is 5.70. The Morgan fingerprint density at radius 2 is 2.17 bits per heavy atom. The van der Waals surface area contributed by atoms with Gasteiger partial charge in [-0.05, 0) is 20.2 Å². The molecule has 0 aliphatic rings. The molecule has 1 rings (SSSR count). The molecule has 0 saturated heterocycles. The van der Waals surface area contributed by atoms with Crippen LogP contribution >= 0.6 is 0 Å². The van der Waals surface area contributed by atoms with Crippen molar-refractivity contribution in [1.82, 2.24) is 9.47 Å². The van der Waals surface area contributed by atoms with E-state index in [1.807, 2.05) is 26.4 Å². The smallest absolute Gasteiger partial charge is 0.250 e. The fourth-order valence-corrected chi connectivity index (χ4v) is 0.953. The number of nitrogens with zero attached hydrogens (tertiary/aromatic N) is 2. The highest BCUT2D eigenvalue weighted by atomic mass is 16.1. The van der Waals surface area contributed by atoms with Gasteiger partial charge in [0.1, 0.15) is 0 Å². The lowest BCUT2D eigenvalue weighted by Crippen LogP contribution is -2.25. The van der Waals surface area contributed by atoms with Gasteiger partial charge in [-0.3, -0.25) is 4.79 Å². The Balaban J connectivity index is 2.64. The van der Waals surface area contributed by atoms with Crippen LogP contribution in [0.1, 0.15) is 0 Å². The molecule has 0 aliphatic carbocycles. The molecule has 0 amide bonds. The molecule has 0 N–H and O–H groups in total. The first kappa shape index (κ1) is 9.00. The van der Waals surface area contributed by atoms with E-state index in [9.17, 15) is 4.79 Å². The second-order valence-corrected chi connectivity index (χ2v) is 3.04. The van der Waals surface area contributed by atoms with Gasteiger partial charge in [0.25, 0.3) is 5.56 Å². The van der Waals surface area contributed by atoms with Gasteiger partial charge < -0.3 is 9.47 Å². The molecule has 12 heavy (non-hydrogen) atoms. The molecule has 0 bridgehead atoms. The molecule has 3 heteroatoms. The van der Waals surface area contributed by atoms with Gasteiger partial charge in [0.15, 0.2) is 0 Å². The molecule has 0 unspecified atom stereocenters. The lowest BCUT2D eigenvalue weighted by Gasteiger charge is -2.10. The second-order valence-electron chi connectivity index (χ2n) is 3.04. The van der Waals surface area contributed by atoms with E-state index in [1.54, 1.807) is 16.7 Å². The van der Waals surface area contributed by atoms with Crippen LogP contribution in [0.5, 0.6) is 0 Å². The zero-order valence-electron chi connectivity index (χ0n) is 7.53. The molecular weight excluding hydrogens is 152 g/mol. The van der Waals surface area contributed by atoms with E-state index >= 15 is 0 Å². The van der Waals surface area contributed by atoms with E-state index in [-0.39, 0.29) is 5.56 Å². The zero-order chi connectivity index (χ0) is 8.97. The maximum absolute atomic E-state index is 11.2. The number of likely N-dealkylation sites (N-methyl/N-ethyl adjacent to an activating group) is 1. The largest absolute Gasteiger partial charge is 0.314 e. The number of rotatable bonds is 3. The van der Waals surface area contributed by atoms with Crippen LogP contribution < -0.4 is 5.56 Å². The van der Waals surface area contributed by atoms with Crippen LogP contribution in [0.4, 0.5) is 0 Å². The summed E-state index contributed by atoms with van der Waals surface area (Å²) in [5, 5.41) is 0. The first-order valence-electron chi connectivity index (χ1n) is 4.00. The highest BCUT2D eigenvalue weighted by Gasteiger charge is 1.93. The summed E-state index contributed by atoms with van der Waals surface area (Å²) in [5.74, 6) is 0. The van der Waals surface area contributed by atoms with Crippen molar-refractivity contribution in [2.45, 2.75) is 6.54 Å². The lowest BCUT2D eigenvalue weighted by atomic mass is 10.4. The normalized spacial score (nSPS) is 10.6. The Hall–Kier alpha value is -1.09. The highest BCUT2D eigenvalue weighted by molar-refractivity contribution is 4.93. The number of hydrogen-bond donors (Lipinski definition) is 0. The van der Waals surface area contributed by atoms with Crippen LogP contribution in [0.15, 0.2) is 29.2 Å². The molecule has 3 nitrogen and oxygen atoms in total. The van der Waals surface area contributed by atoms with Crippen molar-refractivity contribution >= 4 is 0 Å². The van der Waals surface area contributed by atoms with Crippen molar-refractivity contribution in [3.05, 3.63) is 34.7 Å². The Bertz CT molecular complexity index is 291. The molecule has 0 spiro atoms. The fraction of sp³-hybridized carbons (Fsp3) is 0.444. The molecule has 1 aromatic heterocycles. The van der Waals surface area contributed by atoms with E-state index < -0.39 is 0 Å². The predicted octanol–water partition coefficient (Wildman–Crippen LogP) is 0.410. The van der Waals surface area contributed by atoms with Gasteiger partial charge >= 0.3 is 0 Å². The minimum absolute atomic E-state index is 0.0688. The van der Waals surface area contributed by atoms with Crippen molar-refractivity contribution in [2.24, 2.45) is 0 Å². The molecule has 0 atom stereocenters. The molecule has 1 heterocycles. The van der Waals surface area contributed by atoms with Crippen LogP contribution in [0.25, 0.3) is 0 Å². The summed E-state index contributed by atoms with van der Waals surface area (Å²) in [4.78, 5) is 13.2. The fourth-order valence-electron chi connectivity index (χ4n) is 0.953. The topological polar surface area (TPSA) is 25.2 Å². The van der Waals surface area contributed by atoms with Crippen LogP contribution in [0.2, 0.25) is 0 Å². The van der Waals surface area contributed by atoms with Crippen molar-refractivity contribution in [3.8, 4) is 0 Å². The van der Waals surface area contributed by atoms with Crippen LogP contribution in [0.3, 0.4) is 0 Å². The third kappa shape index (κ3) is 2.51. The average Bonchev–Trinajstić information content (AvgIpc) is 2.03. The molecule has 0 aromatic carbocycles. The van der Waals surface area contributed by atoms with Gasteiger partial charge in [0.2, 0.25) is 0 Å². The van der Waals surface area contributed by atoms with E-state index in [0.29, 0.717) is 0 Å².